The number of halogens is 1. The highest BCUT2D eigenvalue weighted by atomic mass is 79.9. The predicted octanol–water partition coefficient (Wildman–Crippen LogP) is 3.33. The van der Waals surface area contributed by atoms with Gasteiger partial charge < -0.3 is 15.5 Å². The van der Waals surface area contributed by atoms with E-state index in [-0.39, 0.29) is 24.1 Å². The summed E-state index contributed by atoms with van der Waals surface area (Å²) in [6.07, 6.45) is 1.29. The zero-order valence-electron chi connectivity index (χ0n) is 14.5. The fourth-order valence-corrected chi connectivity index (χ4v) is 3.99. The molecule has 0 bridgehead atoms. The van der Waals surface area contributed by atoms with Crippen LogP contribution in [0.5, 0.6) is 0 Å². The Morgan fingerprint density at radius 2 is 1.96 bits per heavy atom. The molecule has 2 aromatic carbocycles. The first-order chi connectivity index (χ1) is 13.0. The molecule has 27 heavy (non-hydrogen) atoms. The van der Waals surface area contributed by atoms with Crippen molar-refractivity contribution in [2.24, 2.45) is 5.92 Å². The van der Waals surface area contributed by atoms with E-state index < -0.39 is 5.92 Å². The van der Waals surface area contributed by atoms with Crippen LogP contribution in [0.15, 0.2) is 46.9 Å². The Labute approximate surface area is 165 Å². The van der Waals surface area contributed by atoms with Crippen molar-refractivity contribution in [2.45, 2.75) is 19.3 Å². The van der Waals surface area contributed by atoms with Gasteiger partial charge in [0, 0.05) is 35.2 Å². The van der Waals surface area contributed by atoms with E-state index in [1.807, 2.05) is 30.3 Å². The highest BCUT2D eigenvalue weighted by Gasteiger charge is 2.35. The summed E-state index contributed by atoms with van der Waals surface area (Å²) in [6.45, 7) is 0.355. The largest absolute Gasteiger partial charge is 0.326 e. The Morgan fingerprint density at radius 1 is 1.15 bits per heavy atom. The maximum absolute atomic E-state index is 12.7. The third kappa shape index (κ3) is 3.60. The van der Waals surface area contributed by atoms with Crippen molar-refractivity contribution >= 4 is 50.7 Å². The molecule has 0 aromatic heterocycles. The van der Waals surface area contributed by atoms with Crippen LogP contribution in [0.3, 0.4) is 0 Å². The lowest BCUT2D eigenvalue weighted by atomic mass is 10.0. The summed E-state index contributed by atoms with van der Waals surface area (Å²) in [6, 6.07) is 12.9. The van der Waals surface area contributed by atoms with Crippen LogP contribution >= 0.6 is 15.9 Å². The Bertz CT molecular complexity index is 944. The highest BCUT2D eigenvalue weighted by molar-refractivity contribution is 9.10. The third-order valence-electron chi connectivity index (χ3n) is 4.91. The van der Waals surface area contributed by atoms with E-state index in [0.29, 0.717) is 25.1 Å². The van der Waals surface area contributed by atoms with Gasteiger partial charge in [-0.05, 0) is 58.2 Å². The molecule has 2 aromatic rings. The van der Waals surface area contributed by atoms with Crippen molar-refractivity contribution < 1.29 is 14.4 Å². The van der Waals surface area contributed by atoms with Crippen LogP contribution in [0, 0.1) is 5.92 Å². The van der Waals surface area contributed by atoms with Gasteiger partial charge in [0.05, 0.1) is 11.6 Å². The molecule has 0 radical (unpaired) electrons. The summed E-state index contributed by atoms with van der Waals surface area (Å²) in [4.78, 5) is 38.2. The quantitative estimate of drug-likeness (QED) is 0.788. The van der Waals surface area contributed by atoms with E-state index in [1.165, 1.54) is 0 Å². The Morgan fingerprint density at radius 3 is 2.78 bits per heavy atom. The van der Waals surface area contributed by atoms with Crippen molar-refractivity contribution in [3.8, 4) is 0 Å². The number of hydrogen-bond donors (Lipinski definition) is 2. The number of nitrogens with one attached hydrogen (secondary N) is 2. The SMILES string of the molecule is O=C1CCc2cc(NC(=O)[C@@H]3CC(=O)N(c4ccccc4Br)C3)ccc2N1. The molecule has 1 fully saturated rings. The second-order valence-electron chi connectivity index (χ2n) is 6.77. The normalized spacial score (nSPS) is 18.9. The first-order valence-corrected chi connectivity index (χ1v) is 9.59. The van der Waals surface area contributed by atoms with Crippen LogP contribution in [-0.4, -0.2) is 24.3 Å². The smallest absolute Gasteiger partial charge is 0.229 e. The Kier molecular flexibility index (Phi) is 4.70. The topological polar surface area (TPSA) is 78.5 Å². The van der Waals surface area contributed by atoms with Gasteiger partial charge in [0.15, 0.2) is 0 Å². The summed E-state index contributed by atoms with van der Waals surface area (Å²) in [5, 5.41) is 5.73. The maximum atomic E-state index is 12.7. The average molecular weight is 428 g/mol. The molecule has 0 unspecified atom stereocenters. The number of hydrogen-bond acceptors (Lipinski definition) is 3. The number of fused-ring (bicyclic) bond motifs is 1. The van der Waals surface area contributed by atoms with Gasteiger partial charge in [-0.2, -0.15) is 0 Å². The molecule has 0 spiro atoms. The Hall–Kier alpha value is -2.67. The molecule has 3 amide bonds. The van der Waals surface area contributed by atoms with E-state index in [1.54, 1.807) is 17.0 Å². The minimum atomic E-state index is -0.402. The maximum Gasteiger partial charge on any atom is 0.229 e. The molecule has 2 aliphatic rings. The Balaban J connectivity index is 1.46. The van der Waals surface area contributed by atoms with E-state index in [2.05, 4.69) is 26.6 Å². The molecule has 2 aliphatic heterocycles. The van der Waals surface area contributed by atoms with Crippen LogP contribution in [0.2, 0.25) is 0 Å². The molecule has 2 heterocycles. The van der Waals surface area contributed by atoms with Crippen molar-refractivity contribution in [3.05, 3.63) is 52.5 Å². The lowest BCUT2D eigenvalue weighted by Gasteiger charge is -2.19. The van der Waals surface area contributed by atoms with Gasteiger partial charge in [0.2, 0.25) is 17.7 Å². The number of rotatable bonds is 3. The van der Waals surface area contributed by atoms with Gasteiger partial charge in [0.25, 0.3) is 0 Å². The van der Waals surface area contributed by atoms with Gasteiger partial charge in [-0.3, -0.25) is 14.4 Å². The second kappa shape index (κ2) is 7.15. The first-order valence-electron chi connectivity index (χ1n) is 8.80. The minimum absolute atomic E-state index is 0.0101. The molecule has 0 aliphatic carbocycles. The van der Waals surface area contributed by atoms with E-state index >= 15 is 0 Å². The molecule has 1 atom stereocenters. The lowest BCUT2D eigenvalue weighted by molar-refractivity contribution is -0.122. The van der Waals surface area contributed by atoms with Crippen LogP contribution in [-0.2, 0) is 20.8 Å². The van der Waals surface area contributed by atoms with Crippen LogP contribution in [0.25, 0.3) is 0 Å². The number of carbonyl (C=O) groups is 3. The molecule has 1 saturated heterocycles. The van der Waals surface area contributed by atoms with Gasteiger partial charge in [0.1, 0.15) is 0 Å². The highest BCUT2D eigenvalue weighted by Crippen LogP contribution is 2.32. The van der Waals surface area contributed by atoms with Crippen LogP contribution in [0.1, 0.15) is 18.4 Å². The van der Waals surface area contributed by atoms with Gasteiger partial charge in [-0.15, -0.1) is 0 Å². The lowest BCUT2D eigenvalue weighted by Crippen LogP contribution is -2.28. The minimum Gasteiger partial charge on any atom is -0.326 e. The summed E-state index contributed by atoms with van der Waals surface area (Å²) < 4.78 is 0.830. The predicted molar refractivity (Wildman–Crippen MR) is 107 cm³/mol. The zero-order chi connectivity index (χ0) is 19.0. The number of aryl methyl sites for hydroxylation is 1. The van der Waals surface area contributed by atoms with Gasteiger partial charge in [-0.25, -0.2) is 0 Å². The number of amides is 3. The van der Waals surface area contributed by atoms with Crippen molar-refractivity contribution in [2.75, 3.05) is 22.1 Å². The number of anilines is 3. The average Bonchev–Trinajstić information content (AvgIpc) is 3.04. The number of nitrogens with zero attached hydrogens (tertiary/aromatic N) is 1. The third-order valence-corrected chi connectivity index (χ3v) is 5.58. The van der Waals surface area contributed by atoms with Gasteiger partial charge >= 0.3 is 0 Å². The van der Waals surface area contributed by atoms with E-state index in [0.717, 1.165) is 21.4 Å². The van der Waals surface area contributed by atoms with Crippen LogP contribution < -0.4 is 15.5 Å². The molecule has 2 N–H and O–H groups in total. The second-order valence-corrected chi connectivity index (χ2v) is 7.62. The molecular weight excluding hydrogens is 410 g/mol. The molecule has 138 valence electrons. The van der Waals surface area contributed by atoms with Crippen LogP contribution in [0.4, 0.5) is 17.1 Å². The monoisotopic (exact) mass is 427 g/mol. The summed E-state index contributed by atoms with van der Waals surface area (Å²) in [5.74, 6) is -0.621. The zero-order valence-corrected chi connectivity index (χ0v) is 16.1. The summed E-state index contributed by atoms with van der Waals surface area (Å²) in [5.41, 5.74) is 3.26. The molecule has 6 nitrogen and oxygen atoms in total. The number of para-hydroxylation sites is 1. The molecule has 4 rings (SSSR count). The number of benzene rings is 2. The standard InChI is InChI=1S/C20H18BrN3O3/c21-15-3-1-2-4-17(15)24-11-13(10-19(24)26)20(27)22-14-6-7-16-12(9-14)5-8-18(25)23-16/h1-4,6-7,9,13H,5,8,10-11H2,(H,22,27)(H,23,25)/t13-/m1/s1. The van der Waals surface area contributed by atoms with Crippen molar-refractivity contribution in [1.29, 1.82) is 0 Å². The molecule has 7 heteroatoms. The summed E-state index contributed by atoms with van der Waals surface area (Å²) >= 11 is 3.46. The summed E-state index contributed by atoms with van der Waals surface area (Å²) in [7, 11) is 0. The van der Waals surface area contributed by atoms with Gasteiger partial charge in [-0.1, -0.05) is 12.1 Å². The fraction of sp³-hybridized carbons (Fsp3) is 0.250. The van der Waals surface area contributed by atoms with Crippen molar-refractivity contribution in [3.63, 3.8) is 0 Å². The molecular formula is C20H18BrN3O3. The van der Waals surface area contributed by atoms with E-state index in [9.17, 15) is 14.4 Å². The van der Waals surface area contributed by atoms with E-state index in [4.69, 9.17) is 0 Å². The van der Waals surface area contributed by atoms with Crippen molar-refractivity contribution in [1.82, 2.24) is 0 Å². The number of carbonyl (C=O) groups excluding carboxylic acids is 3. The molecule has 0 saturated carbocycles. The fourth-order valence-electron chi connectivity index (χ4n) is 3.49. The first kappa shape index (κ1) is 17.7.